The predicted octanol–water partition coefficient (Wildman–Crippen LogP) is 2.84. The van der Waals surface area contributed by atoms with Crippen molar-refractivity contribution in [3.05, 3.63) is 58.6 Å². The highest BCUT2D eigenvalue weighted by molar-refractivity contribution is 7.92. The summed E-state index contributed by atoms with van der Waals surface area (Å²) in [5.74, 6) is 0. The Hall–Kier alpha value is -2.65. The molecular weight excluding hydrogens is 346 g/mol. The van der Waals surface area contributed by atoms with Crippen LogP contribution in [0.15, 0.2) is 53.4 Å². The van der Waals surface area contributed by atoms with E-state index in [0.29, 0.717) is 12.2 Å². The molecule has 8 nitrogen and oxygen atoms in total. The summed E-state index contributed by atoms with van der Waals surface area (Å²) >= 11 is 0. The Morgan fingerprint density at radius 1 is 1.20 bits per heavy atom. The molecule has 0 bridgehead atoms. The molecule has 0 saturated heterocycles. The van der Waals surface area contributed by atoms with Gasteiger partial charge in [-0.3, -0.25) is 14.8 Å². The van der Waals surface area contributed by atoms with Gasteiger partial charge < -0.3 is 10.1 Å². The number of para-hydroxylation sites is 1. The fourth-order valence-corrected chi connectivity index (χ4v) is 3.11. The van der Waals surface area contributed by atoms with Crippen LogP contribution in [-0.4, -0.2) is 33.1 Å². The van der Waals surface area contributed by atoms with Gasteiger partial charge in [0.15, 0.2) is 0 Å². The van der Waals surface area contributed by atoms with Gasteiger partial charge >= 0.3 is 0 Å². The molecule has 2 rings (SSSR count). The number of nitrogens with one attached hydrogen (secondary N) is 2. The van der Waals surface area contributed by atoms with Gasteiger partial charge in [0, 0.05) is 25.4 Å². The Morgan fingerprint density at radius 2 is 1.88 bits per heavy atom. The maximum Gasteiger partial charge on any atom is 0.293 e. The normalized spacial score (nSPS) is 12.4. The molecule has 1 unspecified atom stereocenters. The molecule has 0 aliphatic carbocycles. The maximum atomic E-state index is 12.4. The molecule has 0 radical (unpaired) electrons. The molecule has 0 amide bonds. The minimum Gasteiger partial charge on any atom is -0.380 e. The third-order valence-electron chi connectivity index (χ3n) is 3.48. The third-order valence-corrected chi connectivity index (χ3v) is 4.86. The van der Waals surface area contributed by atoms with E-state index in [1.165, 1.54) is 19.2 Å². The third kappa shape index (κ3) is 4.91. The standard InChI is InChI=1S/C16H19N3O5S/c1-12(24-2)11-17-15-9-8-14(10-16(15)19(20)21)25(22,23)18-13-6-4-3-5-7-13/h3-10,12,17-18H,11H2,1-2H3. The van der Waals surface area contributed by atoms with Crippen molar-refractivity contribution < 1.29 is 18.1 Å². The molecule has 25 heavy (non-hydrogen) atoms. The fraction of sp³-hybridized carbons (Fsp3) is 0.250. The lowest BCUT2D eigenvalue weighted by Gasteiger charge is -2.13. The Morgan fingerprint density at radius 3 is 2.48 bits per heavy atom. The average Bonchev–Trinajstić information content (AvgIpc) is 2.59. The lowest BCUT2D eigenvalue weighted by Crippen LogP contribution is -2.19. The Bertz CT molecular complexity index is 840. The van der Waals surface area contributed by atoms with Gasteiger partial charge in [-0.1, -0.05) is 18.2 Å². The van der Waals surface area contributed by atoms with Crippen molar-refractivity contribution in [2.24, 2.45) is 0 Å². The van der Waals surface area contributed by atoms with Crippen LogP contribution in [0.3, 0.4) is 0 Å². The zero-order valence-electron chi connectivity index (χ0n) is 13.8. The van der Waals surface area contributed by atoms with E-state index in [1.807, 2.05) is 0 Å². The van der Waals surface area contributed by atoms with Gasteiger partial charge in [-0.05, 0) is 31.2 Å². The van der Waals surface area contributed by atoms with Crippen LogP contribution in [0.5, 0.6) is 0 Å². The number of nitro benzene ring substituents is 1. The first-order valence-corrected chi connectivity index (χ1v) is 8.95. The molecule has 0 saturated carbocycles. The summed E-state index contributed by atoms with van der Waals surface area (Å²) in [7, 11) is -2.40. The largest absolute Gasteiger partial charge is 0.380 e. The van der Waals surface area contributed by atoms with E-state index in [1.54, 1.807) is 37.3 Å². The van der Waals surface area contributed by atoms with Crippen molar-refractivity contribution in [1.29, 1.82) is 0 Å². The minimum absolute atomic E-state index is 0.150. The molecule has 0 aliphatic rings. The van der Waals surface area contributed by atoms with E-state index in [-0.39, 0.29) is 22.4 Å². The first-order valence-electron chi connectivity index (χ1n) is 7.46. The summed E-state index contributed by atoms with van der Waals surface area (Å²) in [4.78, 5) is 10.5. The van der Waals surface area contributed by atoms with Crippen LogP contribution in [0.2, 0.25) is 0 Å². The van der Waals surface area contributed by atoms with Crippen LogP contribution in [0.1, 0.15) is 6.92 Å². The fourth-order valence-electron chi connectivity index (χ4n) is 2.04. The molecule has 2 N–H and O–H groups in total. The Kier molecular flexibility index (Phi) is 5.94. The summed E-state index contributed by atoms with van der Waals surface area (Å²) in [5, 5.41) is 14.2. The zero-order chi connectivity index (χ0) is 18.4. The lowest BCUT2D eigenvalue weighted by atomic mass is 10.2. The number of rotatable bonds is 8. The van der Waals surface area contributed by atoms with Crippen LogP contribution in [0, 0.1) is 10.1 Å². The first kappa shape index (κ1) is 18.7. The Balaban J connectivity index is 2.30. The summed E-state index contributed by atoms with van der Waals surface area (Å²) in [6.45, 7) is 2.16. The molecule has 9 heteroatoms. The molecule has 0 fully saturated rings. The van der Waals surface area contributed by atoms with Crippen LogP contribution >= 0.6 is 0 Å². The van der Waals surface area contributed by atoms with E-state index < -0.39 is 14.9 Å². The van der Waals surface area contributed by atoms with Crippen molar-refractivity contribution >= 4 is 27.1 Å². The van der Waals surface area contributed by atoms with Gasteiger partial charge in [-0.15, -0.1) is 0 Å². The minimum atomic E-state index is -3.93. The Labute approximate surface area is 146 Å². The van der Waals surface area contributed by atoms with Gasteiger partial charge in [0.25, 0.3) is 15.7 Å². The molecular formula is C16H19N3O5S. The van der Waals surface area contributed by atoms with Crippen molar-refractivity contribution in [2.45, 2.75) is 17.9 Å². The predicted molar refractivity (Wildman–Crippen MR) is 95.3 cm³/mol. The SMILES string of the molecule is COC(C)CNc1ccc(S(=O)(=O)Nc2ccccc2)cc1[N+](=O)[O-]. The van der Waals surface area contributed by atoms with Crippen molar-refractivity contribution in [3.8, 4) is 0 Å². The van der Waals surface area contributed by atoms with Crippen LogP contribution < -0.4 is 10.0 Å². The van der Waals surface area contributed by atoms with Crippen LogP contribution in [0.25, 0.3) is 0 Å². The van der Waals surface area contributed by atoms with Gasteiger partial charge in [0.1, 0.15) is 5.69 Å². The van der Waals surface area contributed by atoms with Gasteiger partial charge in [-0.25, -0.2) is 8.42 Å². The molecule has 0 aliphatic heterocycles. The van der Waals surface area contributed by atoms with Gasteiger partial charge in [0.2, 0.25) is 0 Å². The molecule has 0 heterocycles. The smallest absolute Gasteiger partial charge is 0.293 e. The summed E-state index contributed by atoms with van der Waals surface area (Å²) in [6, 6.07) is 12.0. The van der Waals surface area contributed by atoms with E-state index in [2.05, 4.69) is 10.0 Å². The first-order chi connectivity index (χ1) is 11.8. The average molecular weight is 365 g/mol. The topological polar surface area (TPSA) is 111 Å². The molecule has 2 aromatic rings. The van der Waals surface area contributed by atoms with Crippen molar-refractivity contribution in [3.63, 3.8) is 0 Å². The number of ether oxygens (including phenoxy) is 1. The summed E-state index contributed by atoms with van der Waals surface area (Å²) < 4.78 is 32.3. The number of hydrogen-bond donors (Lipinski definition) is 2. The number of benzene rings is 2. The van der Waals surface area contributed by atoms with Crippen LogP contribution in [-0.2, 0) is 14.8 Å². The molecule has 134 valence electrons. The second-order valence-corrected chi connectivity index (χ2v) is 7.02. The highest BCUT2D eigenvalue weighted by Gasteiger charge is 2.21. The molecule has 0 aromatic heterocycles. The number of methoxy groups -OCH3 is 1. The molecule has 0 spiro atoms. The zero-order valence-corrected chi connectivity index (χ0v) is 14.6. The summed E-state index contributed by atoms with van der Waals surface area (Å²) in [6.07, 6.45) is -0.150. The monoisotopic (exact) mass is 365 g/mol. The lowest BCUT2D eigenvalue weighted by molar-refractivity contribution is -0.384. The quantitative estimate of drug-likeness (QED) is 0.550. The van der Waals surface area contributed by atoms with E-state index >= 15 is 0 Å². The highest BCUT2D eigenvalue weighted by Crippen LogP contribution is 2.28. The molecule has 1 atom stereocenters. The second-order valence-electron chi connectivity index (χ2n) is 5.33. The second kappa shape index (κ2) is 7.95. The van der Waals surface area contributed by atoms with E-state index in [9.17, 15) is 18.5 Å². The van der Waals surface area contributed by atoms with Crippen molar-refractivity contribution in [2.75, 3.05) is 23.7 Å². The number of nitrogens with zero attached hydrogens (tertiary/aromatic N) is 1. The summed E-state index contributed by atoms with van der Waals surface area (Å²) in [5.41, 5.74) is 0.285. The number of hydrogen-bond acceptors (Lipinski definition) is 6. The number of sulfonamides is 1. The van der Waals surface area contributed by atoms with E-state index in [0.717, 1.165) is 6.07 Å². The van der Waals surface area contributed by atoms with E-state index in [4.69, 9.17) is 4.74 Å². The number of nitro groups is 1. The highest BCUT2D eigenvalue weighted by atomic mass is 32.2. The van der Waals surface area contributed by atoms with Gasteiger partial charge in [-0.2, -0.15) is 0 Å². The molecule has 2 aromatic carbocycles. The number of anilines is 2. The maximum absolute atomic E-state index is 12.4. The van der Waals surface area contributed by atoms with Crippen LogP contribution in [0.4, 0.5) is 17.1 Å². The van der Waals surface area contributed by atoms with Crippen molar-refractivity contribution in [1.82, 2.24) is 0 Å². The van der Waals surface area contributed by atoms with Gasteiger partial charge in [0.05, 0.1) is 15.9 Å².